The van der Waals surface area contributed by atoms with E-state index in [1.54, 1.807) is 7.11 Å². The van der Waals surface area contributed by atoms with Gasteiger partial charge in [-0.1, -0.05) is 31.8 Å². The lowest BCUT2D eigenvalue weighted by Gasteiger charge is -2.62. The van der Waals surface area contributed by atoms with Crippen LogP contribution in [0, 0.1) is 39.9 Å². The summed E-state index contributed by atoms with van der Waals surface area (Å²) in [6, 6.07) is 0. The number of aliphatic hydroxyl groups excluding tert-OH is 4. The van der Waals surface area contributed by atoms with E-state index in [9.17, 15) is 20.4 Å². The van der Waals surface area contributed by atoms with E-state index in [0.29, 0.717) is 30.1 Å². The Labute approximate surface area is 180 Å². The minimum atomic E-state index is -1.03. The van der Waals surface area contributed by atoms with Gasteiger partial charge in [-0.2, -0.15) is 0 Å². The lowest BCUT2D eigenvalue weighted by molar-refractivity contribution is -0.189. The molecule has 30 heavy (non-hydrogen) atoms. The lowest BCUT2D eigenvalue weighted by Crippen LogP contribution is -2.62. The van der Waals surface area contributed by atoms with E-state index in [4.69, 9.17) is 4.84 Å². The number of fused-ring (bicyclic) bond motifs is 5. The highest BCUT2D eigenvalue weighted by Crippen LogP contribution is 2.71. The first-order valence-electron chi connectivity index (χ1n) is 12.0. The molecule has 0 aromatic heterocycles. The molecule has 0 spiro atoms. The molecule has 0 radical (unpaired) electrons. The van der Waals surface area contributed by atoms with Gasteiger partial charge >= 0.3 is 0 Å². The SMILES string of the molecule is CO/N=C1/C[C@@H]2[C@@H](CC[C@@]3(C)[C@H]2CCC3(C(O)CO)C(O)CO)[C@@]2(C)CCCCC12. The molecular formula is C24H41NO5. The van der Waals surface area contributed by atoms with Gasteiger partial charge in [0.2, 0.25) is 0 Å². The third-order valence-corrected chi connectivity index (χ3v) is 10.5. The topological polar surface area (TPSA) is 103 Å². The molecule has 4 saturated carbocycles. The van der Waals surface area contributed by atoms with Gasteiger partial charge in [-0.3, -0.25) is 0 Å². The van der Waals surface area contributed by atoms with Gasteiger partial charge in [0.15, 0.2) is 0 Å². The van der Waals surface area contributed by atoms with Crippen LogP contribution >= 0.6 is 0 Å². The zero-order chi connectivity index (χ0) is 21.7. The molecule has 4 N–H and O–H groups in total. The van der Waals surface area contributed by atoms with E-state index in [-0.39, 0.29) is 24.0 Å². The Hall–Kier alpha value is -0.690. The van der Waals surface area contributed by atoms with Crippen molar-refractivity contribution in [3.05, 3.63) is 0 Å². The Kier molecular flexibility index (Phi) is 6.02. The van der Waals surface area contributed by atoms with Crippen LogP contribution in [0.25, 0.3) is 0 Å². The van der Waals surface area contributed by atoms with Gasteiger partial charge in [0, 0.05) is 11.3 Å². The van der Waals surface area contributed by atoms with Crippen LogP contribution in [0.15, 0.2) is 5.16 Å². The summed E-state index contributed by atoms with van der Waals surface area (Å²) >= 11 is 0. The average molecular weight is 424 g/mol. The molecule has 8 atom stereocenters. The van der Waals surface area contributed by atoms with Crippen molar-refractivity contribution in [2.24, 2.45) is 45.1 Å². The fourth-order valence-corrected chi connectivity index (χ4v) is 9.10. The maximum absolute atomic E-state index is 10.9. The predicted molar refractivity (Wildman–Crippen MR) is 115 cm³/mol. The van der Waals surface area contributed by atoms with Gasteiger partial charge in [0.25, 0.3) is 0 Å². The summed E-state index contributed by atoms with van der Waals surface area (Å²) in [7, 11) is 1.64. The van der Waals surface area contributed by atoms with E-state index < -0.39 is 17.6 Å². The smallest absolute Gasteiger partial charge is 0.106 e. The fraction of sp³-hybridized carbons (Fsp3) is 0.958. The summed E-state index contributed by atoms with van der Waals surface area (Å²) in [5.41, 5.74) is 0.243. The predicted octanol–water partition coefficient (Wildman–Crippen LogP) is 2.72. The zero-order valence-electron chi connectivity index (χ0n) is 18.9. The van der Waals surface area contributed by atoms with Crippen LogP contribution in [0.5, 0.6) is 0 Å². The number of hydrogen-bond donors (Lipinski definition) is 4. The van der Waals surface area contributed by atoms with Gasteiger partial charge in [0.1, 0.15) is 7.11 Å². The Morgan fingerprint density at radius 2 is 1.63 bits per heavy atom. The molecule has 0 aliphatic heterocycles. The maximum Gasteiger partial charge on any atom is 0.106 e. The van der Waals surface area contributed by atoms with Crippen molar-refractivity contribution in [1.82, 2.24) is 0 Å². The average Bonchev–Trinajstić information content (AvgIpc) is 3.06. The number of rotatable bonds is 5. The molecule has 4 aliphatic rings. The van der Waals surface area contributed by atoms with Crippen molar-refractivity contribution >= 4 is 5.71 Å². The molecule has 6 heteroatoms. The van der Waals surface area contributed by atoms with Crippen LogP contribution in [-0.2, 0) is 4.84 Å². The first-order valence-corrected chi connectivity index (χ1v) is 12.0. The minimum absolute atomic E-state index is 0.232. The van der Waals surface area contributed by atoms with Crippen LogP contribution in [0.4, 0.5) is 0 Å². The normalized spacial score (nSPS) is 49.1. The van der Waals surface area contributed by atoms with E-state index in [0.717, 1.165) is 25.7 Å². The van der Waals surface area contributed by atoms with E-state index in [2.05, 4.69) is 19.0 Å². The van der Waals surface area contributed by atoms with Crippen molar-refractivity contribution in [1.29, 1.82) is 0 Å². The first-order chi connectivity index (χ1) is 14.3. The molecule has 0 heterocycles. The van der Waals surface area contributed by atoms with E-state index >= 15 is 0 Å². The van der Waals surface area contributed by atoms with Crippen LogP contribution in [0.2, 0.25) is 0 Å². The quantitative estimate of drug-likeness (QED) is 0.509. The largest absolute Gasteiger partial charge is 0.399 e. The van der Waals surface area contributed by atoms with Crippen molar-refractivity contribution in [3.8, 4) is 0 Å². The first kappa shape index (κ1) is 22.5. The van der Waals surface area contributed by atoms with Crippen LogP contribution in [0.3, 0.4) is 0 Å². The van der Waals surface area contributed by atoms with E-state index in [1.165, 1.54) is 31.4 Å². The third kappa shape index (κ3) is 2.86. The van der Waals surface area contributed by atoms with Crippen molar-refractivity contribution in [3.63, 3.8) is 0 Å². The summed E-state index contributed by atoms with van der Waals surface area (Å²) in [6.07, 6.45) is 7.37. The number of nitrogens with zero attached hydrogens (tertiary/aromatic N) is 1. The van der Waals surface area contributed by atoms with Gasteiger partial charge < -0.3 is 25.3 Å². The van der Waals surface area contributed by atoms with Gasteiger partial charge in [-0.15, -0.1) is 0 Å². The Morgan fingerprint density at radius 3 is 2.27 bits per heavy atom. The third-order valence-electron chi connectivity index (χ3n) is 10.5. The Morgan fingerprint density at radius 1 is 0.967 bits per heavy atom. The highest BCUT2D eigenvalue weighted by atomic mass is 16.6. The molecule has 4 rings (SSSR count). The summed E-state index contributed by atoms with van der Waals surface area (Å²) < 4.78 is 0. The standard InChI is InChI=1S/C24H41NO5/c1-22-9-5-4-6-18(22)19(25-30-3)12-15-16(22)7-10-23(2)17(15)8-11-24(23,20(28)13-26)21(29)14-27/h15-18,20-21,26-29H,4-14H2,1-3H3/b25-19-/t15-,16-,17+,18?,20?,21?,22-,23+,24?/m1/s1. The molecule has 0 bridgehead atoms. The van der Waals surface area contributed by atoms with Gasteiger partial charge in [-0.05, 0) is 73.5 Å². The molecule has 0 saturated heterocycles. The van der Waals surface area contributed by atoms with Crippen LogP contribution in [0.1, 0.15) is 71.6 Å². The van der Waals surface area contributed by atoms with Gasteiger partial charge in [0.05, 0.1) is 31.1 Å². The Balaban J connectivity index is 1.75. The molecule has 0 amide bonds. The van der Waals surface area contributed by atoms with Crippen molar-refractivity contribution in [2.75, 3.05) is 20.3 Å². The second-order valence-electron chi connectivity index (χ2n) is 11.1. The summed E-state index contributed by atoms with van der Waals surface area (Å²) in [6.45, 7) is 3.89. The molecule has 0 aromatic carbocycles. The molecular weight excluding hydrogens is 382 g/mol. The van der Waals surface area contributed by atoms with Gasteiger partial charge in [-0.25, -0.2) is 0 Å². The second-order valence-corrected chi connectivity index (χ2v) is 11.1. The summed E-state index contributed by atoms with van der Waals surface area (Å²) in [5.74, 6) is 1.88. The Bertz CT molecular complexity index is 658. The molecule has 3 unspecified atom stereocenters. The van der Waals surface area contributed by atoms with E-state index in [1.807, 2.05) is 0 Å². The molecule has 6 nitrogen and oxygen atoms in total. The molecule has 172 valence electrons. The second kappa shape index (κ2) is 8.02. The molecule has 0 aromatic rings. The number of oxime groups is 1. The monoisotopic (exact) mass is 423 g/mol. The number of hydrogen-bond acceptors (Lipinski definition) is 6. The number of aliphatic hydroxyl groups is 4. The van der Waals surface area contributed by atoms with Crippen molar-refractivity contribution in [2.45, 2.75) is 83.8 Å². The van der Waals surface area contributed by atoms with Crippen LogP contribution < -0.4 is 0 Å². The zero-order valence-corrected chi connectivity index (χ0v) is 18.9. The maximum atomic E-state index is 10.9. The van der Waals surface area contributed by atoms with Crippen molar-refractivity contribution < 1.29 is 25.3 Å². The molecule has 4 aliphatic carbocycles. The highest BCUT2D eigenvalue weighted by molar-refractivity contribution is 5.88. The summed E-state index contributed by atoms with van der Waals surface area (Å²) in [4.78, 5) is 5.29. The molecule has 4 fully saturated rings. The summed E-state index contributed by atoms with van der Waals surface area (Å²) in [5, 5.41) is 46.1. The fourth-order valence-electron chi connectivity index (χ4n) is 9.10. The highest BCUT2D eigenvalue weighted by Gasteiger charge is 2.68. The minimum Gasteiger partial charge on any atom is -0.399 e. The lowest BCUT2D eigenvalue weighted by atomic mass is 9.42. The van der Waals surface area contributed by atoms with Crippen LogP contribution in [-0.4, -0.2) is 58.7 Å².